The molecule has 2 fully saturated rings. The van der Waals surface area contributed by atoms with Crippen LogP contribution >= 0.6 is 0 Å². The van der Waals surface area contributed by atoms with Crippen LogP contribution in [-0.2, 0) is 4.79 Å². The van der Waals surface area contributed by atoms with Gasteiger partial charge in [0.05, 0.1) is 5.92 Å². The summed E-state index contributed by atoms with van der Waals surface area (Å²) in [5, 5.41) is 3.52. The van der Waals surface area contributed by atoms with Crippen LogP contribution in [0.2, 0.25) is 0 Å². The van der Waals surface area contributed by atoms with Crippen LogP contribution in [0.1, 0.15) is 47.2 Å². The fourth-order valence-electron chi connectivity index (χ4n) is 4.08. The Hall–Kier alpha value is -1.88. The highest BCUT2D eigenvalue weighted by atomic mass is 16.2. The van der Waals surface area contributed by atoms with Crippen LogP contribution in [-0.4, -0.2) is 42.4 Å². The van der Waals surface area contributed by atoms with E-state index in [0.717, 1.165) is 30.5 Å². The lowest BCUT2D eigenvalue weighted by atomic mass is 9.75. The summed E-state index contributed by atoms with van der Waals surface area (Å²) < 4.78 is 0. The zero-order chi connectivity index (χ0) is 16.7. The third-order valence-corrected chi connectivity index (χ3v) is 5.49. The van der Waals surface area contributed by atoms with E-state index < -0.39 is 5.91 Å². The van der Waals surface area contributed by atoms with Crippen molar-refractivity contribution in [2.45, 2.75) is 44.7 Å². The molecular formula is C18H25N3O2. The standard InChI is InChI=1S/C18H25N3O2/c1-10-4-5-12(17(19)22)7-14(10)15-8-13-9-20-11(2)6-16(13)21(3)18(15)23/h4-5,7,11,13,15-16,20H,6,8-9H2,1-3H3,(H2,19,22). The van der Waals surface area contributed by atoms with Gasteiger partial charge in [-0.1, -0.05) is 6.07 Å². The van der Waals surface area contributed by atoms with Crippen LogP contribution in [0.5, 0.6) is 0 Å². The van der Waals surface area contributed by atoms with E-state index in [4.69, 9.17) is 5.73 Å². The van der Waals surface area contributed by atoms with Gasteiger partial charge in [-0.2, -0.15) is 0 Å². The number of rotatable bonds is 2. The molecule has 2 heterocycles. The first-order valence-electron chi connectivity index (χ1n) is 8.29. The number of carbonyl (C=O) groups excluding carboxylic acids is 2. The summed E-state index contributed by atoms with van der Waals surface area (Å²) in [7, 11) is 1.91. The third kappa shape index (κ3) is 2.85. The summed E-state index contributed by atoms with van der Waals surface area (Å²) in [6.07, 6.45) is 1.83. The molecule has 1 aromatic carbocycles. The SMILES string of the molecule is Cc1ccc(C(N)=O)cc1C1CC2CNC(C)CC2N(C)C1=O. The van der Waals surface area contributed by atoms with Gasteiger partial charge in [0.25, 0.3) is 0 Å². The molecule has 0 saturated carbocycles. The highest BCUT2D eigenvalue weighted by Crippen LogP contribution is 2.38. The smallest absolute Gasteiger partial charge is 0.248 e. The monoisotopic (exact) mass is 315 g/mol. The molecule has 0 bridgehead atoms. The molecule has 1 aromatic rings. The van der Waals surface area contributed by atoms with Gasteiger partial charge in [-0.15, -0.1) is 0 Å². The van der Waals surface area contributed by atoms with E-state index in [1.807, 2.05) is 24.9 Å². The van der Waals surface area contributed by atoms with Crippen LogP contribution in [0, 0.1) is 12.8 Å². The molecule has 5 nitrogen and oxygen atoms in total. The zero-order valence-electron chi connectivity index (χ0n) is 14.0. The van der Waals surface area contributed by atoms with Crippen LogP contribution < -0.4 is 11.1 Å². The molecule has 5 heteroatoms. The maximum Gasteiger partial charge on any atom is 0.248 e. The summed E-state index contributed by atoms with van der Waals surface area (Å²) in [6, 6.07) is 6.17. The van der Waals surface area contributed by atoms with E-state index in [9.17, 15) is 9.59 Å². The van der Waals surface area contributed by atoms with Crippen LogP contribution in [0.3, 0.4) is 0 Å². The molecule has 0 aliphatic carbocycles. The van der Waals surface area contributed by atoms with E-state index in [0.29, 0.717) is 23.6 Å². The lowest BCUT2D eigenvalue weighted by Crippen LogP contribution is -2.57. The Morgan fingerprint density at radius 2 is 2.09 bits per heavy atom. The number of hydrogen-bond donors (Lipinski definition) is 2. The van der Waals surface area contributed by atoms with Crippen LogP contribution in [0.4, 0.5) is 0 Å². The minimum absolute atomic E-state index is 0.157. The second-order valence-electron chi connectivity index (χ2n) is 7.05. The van der Waals surface area contributed by atoms with Crippen molar-refractivity contribution in [1.82, 2.24) is 10.2 Å². The van der Waals surface area contributed by atoms with Gasteiger partial charge in [-0.05, 0) is 55.9 Å². The second kappa shape index (κ2) is 5.96. The predicted octanol–water partition coefficient (Wildman–Crippen LogP) is 1.41. The second-order valence-corrected chi connectivity index (χ2v) is 7.05. The van der Waals surface area contributed by atoms with E-state index in [-0.39, 0.29) is 11.8 Å². The molecule has 2 amide bonds. The first-order chi connectivity index (χ1) is 10.9. The first-order valence-corrected chi connectivity index (χ1v) is 8.29. The maximum absolute atomic E-state index is 12.9. The van der Waals surface area contributed by atoms with Gasteiger partial charge in [-0.25, -0.2) is 0 Å². The zero-order valence-corrected chi connectivity index (χ0v) is 14.0. The number of fused-ring (bicyclic) bond motifs is 1. The number of piperidine rings is 2. The lowest BCUT2D eigenvalue weighted by molar-refractivity contribution is -0.140. The number of benzene rings is 1. The molecule has 4 atom stereocenters. The van der Waals surface area contributed by atoms with Crippen molar-refractivity contribution in [2.75, 3.05) is 13.6 Å². The van der Waals surface area contributed by atoms with Gasteiger partial charge in [0.2, 0.25) is 11.8 Å². The molecule has 0 radical (unpaired) electrons. The Bertz CT molecular complexity index is 643. The summed E-state index contributed by atoms with van der Waals surface area (Å²) >= 11 is 0. The topological polar surface area (TPSA) is 75.4 Å². The van der Waals surface area contributed by atoms with Crippen molar-refractivity contribution in [3.05, 3.63) is 34.9 Å². The highest BCUT2D eigenvalue weighted by Gasteiger charge is 2.43. The quantitative estimate of drug-likeness (QED) is 0.866. The van der Waals surface area contributed by atoms with Crippen molar-refractivity contribution in [3.63, 3.8) is 0 Å². The Balaban J connectivity index is 1.93. The van der Waals surface area contributed by atoms with Gasteiger partial charge in [-0.3, -0.25) is 9.59 Å². The number of nitrogens with two attached hydrogens (primary N) is 1. The number of hydrogen-bond acceptors (Lipinski definition) is 3. The molecule has 2 aliphatic heterocycles. The number of primary amides is 1. The molecule has 23 heavy (non-hydrogen) atoms. The summed E-state index contributed by atoms with van der Waals surface area (Å²) in [4.78, 5) is 26.3. The molecule has 124 valence electrons. The Morgan fingerprint density at radius 3 is 2.78 bits per heavy atom. The first kappa shape index (κ1) is 16.0. The average Bonchev–Trinajstić information content (AvgIpc) is 2.52. The number of carbonyl (C=O) groups is 2. The molecule has 0 aromatic heterocycles. The van der Waals surface area contributed by atoms with Crippen molar-refractivity contribution in [2.24, 2.45) is 11.7 Å². The number of aryl methyl sites for hydroxylation is 1. The Labute approximate surface area is 137 Å². The van der Waals surface area contributed by atoms with E-state index in [1.54, 1.807) is 12.1 Å². The largest absolute Gasteiger partial charge is 0.366 e. The van der Waals surface area contributed by atoms with E-state index in [1.165, 1.54) is 0 Å². The van der Waals surface area contributed by atoms with Crippen LogP contribution in [0.15, 0.2) is 18.2 Å². The lowest BCUT2D eigenvalue weighted by Gasteiger charge is -2.47. The van der Waals surface area contributed by atoms with Crippen LogP contribution in [0.25, 0.3) is 0 Å². The molecule has 0 spiro atoms. The van der Waals surface area contributed by atoms with E-state index >= 15 is 0 Å². The summed E-state index contributed by atoms with van der Waals surface area (Å²) in [5.41, 5.74) is 7.85. The number of likely N-dealkylation sites (tertiary alicyclic amines) is 1. The molecule has 4 unspecified atom stereocenters. The molecule has 2 saturated heterocycles. The minimum atomic E-state index is -0.450. The number of nitrogens with one attached hydrogen (secondary N) is 1. The van der Waals surface area contributed by atoms with Gasteiger partial charge in [0.1, 0.15) is 0 Å². The molecule has 3 rings (SSSR count). The molecular weight excluding hydrogens is 290 g/mol. The minimum Gasteiger partial charge on any atom is -0.366 e. The highest BCUT2D eigenvalue weighted by molar-refractivity contribution is 5.94. The maximum atomic E-state index is 12.9. The van der Waals surface area contributed by atoms with E-state index in [2.05, 4.69) is 12.2 Å². The van der Waals surface area contributed by atoms with Gasteiger partial charge >= 0.3 is 0 Å². The molecule has 2 aliphatic rings. The van der Waals surface area contributed by atoms with Gasteiger partial charge < -0.3 is 16.0 Å². The van der Waals surface area contributed by atoms with Crippen molar-refractivity contribution in [1.29, 1.82) is 0 Å². The fourth-order valence-corrected chi connectivity index (χ4v) is 4.08. The number of nitrogens with zero attached hydrogens (tertiary/aromatic N) is 1. The number of amides is 2. The Morgan fingerprint density at radius 1 is 1.35 bits per heavy atom. The van der Waals surface area contributed by atoms with Crippen molar-refractivity contribution < 1.29 is 9.59 Å². The van der Waals surface area contributed by atoms with Crippen molar-refractivity contribution in [3.8, 4) is 0 Å². The third-order valence-electron chi connectivity index (χ3n) is 5.49. The average molecular weight is 315 g/mol. The van der Waals surface area contributed by atoms with Gasteiger partial charge in [0, 0.05) is 31.2 Å². The number of likely N-dealkylation sites (N-methyl/N-ethyl adjacent to an activating group) is 1. The van der Waals surface area contributed by atoms with Gasteiger partial charge in [0.15, 0.2) is 0 Å². The summed E-state index contributed by atoms with van der Waals surface area (Å²) in [5.74, 6) is -0.0229. The van der Waals surface area contributed by atoms with Crippen molar-refractivity contribution >= 4 is 11.8 Å². The normalized spacial score (nSPS) is 30.9. The Kier molecular flexibility index (Phi) is 4.15. The fraction of sp³-hybridized carbons (Fsp3) is 0.556. The summed E-state index contributed by atoms with van der Waals surface area (Å²) in [6.45, 7) is 5.09. The molecule has 3 N–H and O–H groups in total. The predicted molar refractivity (Wildman–Crippen MR) is 89.2 cm³/mol.